The number of hydrogen-bond acceptors (Lipinski definition) is 4. The summed E-state index contributed by atoms with van der Waals surface area (Å²) in [6, 6.07) is 7.14. The van der Waals surface area contributed by atoms with Crippen molar-refractivity contribution in [3.8, 4) is 5.75 Å². The second-order valence-corrected chi connectivity index (χ2v) is 4.67. The van der Waals surface area contributed by atoms with Gasteiger partial charge in [0.25, 0.3) is 0 Å². The van der Waals surface area contributed by atoms with Gasteiger partial charge in [-0.25, -0.2) is 0 Å². The number of amides is 1. The lowest BCUT2D eigenvalue weighted by molar-refractivity contribution is -0.121. The monoisotopic (exact) mass is 265 g/mol. The Bertz CT molecular complexity index is 377. The number of hydrogen-bond donors (Lipinski definition) is 2. The van der Waals surface area contributed by atoms with Crippen molar-refractivity contribution in [1.82, 2.24) is 10.2 Å². The van der Waals surface area contributed by atoms with Gasteiger partial charge in [0.05, 0.1) is 13.0 Å². The van der Waals surface area contributed by atoms with Gasteiger partial charge in [-0.1, -0.05) is 0 Å². The second-order valence-electron chi connectivity index (χ2n) is 4.67. The van der Waals surface area contributed by atoms with Crippen molar-refractivity contribution >= 4 is 11.6 Å². The summed E-state index contributed by atoms with van der Waals surface area (Å²) in [5, 5.41) is 2.87. The van der Waals surface area contributed by atoms with E-state index in [0.29, 0.717) is 25.3 Å². The second kappa shape index (κ2) is 8.37. The fourth-order valence-corrected chi connectivity index (χ4v) is 1.54. The standard InChI is InChI=1S/C14H23N3O2/c1-17(2)10-3-9-16-14(18)8-11-19-13-6-4-12(15)5-7-13/h4-7H,3,8-11,15H2,1-2H3,(H,16,18). The summed E-state index contributed by atoms with van der Waals surface area (Å²) >= 11 is 0. The van der Waals surface area contributed by atoms with Gasteiger partial charge in [-0.05, 0) is 51.3 Å². The molecule has 1 rings (SSSR count). The quantitative estimate of drug-likeness (QED) is 0.546. The molecule has 0 spiro atoms. The van der Waals surface area contributed by atoms with Crippen LogP contribution in [0.5, 0.6) is 5.75 Å². The maximum atomic E-state index is 11.5. The van der Waals surface area contributed by atoms with E-state index in [1.54, 1.807) is 24.3 Å². The lowest BCUT2D eigenvalue weighted by Crippen LogP contribution is -2.28. The van der Waals surface area contributed by atoms with Crippen LogP contribution in [0.25, 0.3) is 0 Å². The number of benzene rings is 1. The summed E-state index contributed by atoms with van der Waals surface area (Å²) < 4.78 is 5.45. The Labute approximate surface area is 114 Å². The highest BCUT2D eigenvalue weighted by Crippen LogP contribution is 2.12. The summed E-state index contributed by atoms with van der Waals surface area (Å²) in [6.07, 6.45) is 1.32. The summed E-state index contributed by atoms with van der Waals surface area (Å²) in [5.41, 5.74) is 6.27. The van der Waals surface area contributed by atoms with Crippen LogP contribution in [0, 0.1) is 0 Å². The Morgan fingerprint density at radius 2 is 2.00 bits per heavy atom. The molecule has 0 aliphatic rings. The van der Waals surface area contributed by atoms with Crippen LogP contribution in [0.15, 0.2) is 24.3 Å². The molecule has 0 saturated carbocycles. The van der Waals surface area contributed by atoms with Crippen molar-refractivity contribution < 1.29 is 9.53 Å². The number of nitrogens with two attached hydrogens (primary N) is 1. The van der Waals surface area contributed by atoms with Crippen molar-refractivity contribution in [2.75, 3.05) is 39.5 Å². The van der Waals surface area contributed by atoms with Crippen LogP contribution in [0.2, 0.25) is 0 Å². The minimum Gasteiger partial charge on any atom is -0.493 e. The number of carbonyl (C=O) groups excluding carboxylic acids is 1. The molecule has 1 amide bonds. The third-order valence-corrected chi connectivity index (χ3v) is 2.58. The van der Waals surface area contributed by atoms with E-state index in [1.165, 1.54) is 0 Å². The van der Waals surface area contributed by atoms with Crippen LogP contribution < -0.4 is 15.8 Å². The van der Waals surface area contributed by atoms with E-state index >= 15 is 0 Å². The van der Waals surface area contributed by atoms with Gasteiger partial charge in [0.2, 0.25) is 5.91 Å². The minimum absolute atomic E-state index is 0.0224. The Morgan fingerprint density at radius 3 is 2.63 bits per heavy atom. The zero-order chi connectivity index (χ0) is 14.1. The summed E-state index contributed by atoms with van der Waals surface area (Å²) in [5.74, 6) is 0.754. The van der Waals surface area contributed by atoms with E-state index in [-0.39, 0.29) is 5.91 Å². The fourth-order valence-electron chi connectivity index (χ4n) is 1.54. The van der Waals surface area contributed by atoms with E-state index in [0.717, 1.165) is 18.7 Å². The molecule has 3 N–H and O–H groups in total. The number of nitrogen functional groups attached to an aromatic ring is 1. The van der Waals surface area contributed by atoms with Gasteiger partial charge in [-0.2, -0.15) is 0 Å². The van der Waals surface area contributed by atoms with E-state index < -0.39 is 0 Å². The van der Waals surface area contributed by atoms with Gasteiger partial charge in [-0.3, -0.25) is 4.79 Å². The molecule has 0 atom stereocenters. The Hall–Kier alpha value is -1.75. The zero-order valence-corrected chi connectivity index (χ0v) is 11.7. The number of ether oxygens (including phenoxy) is 1. The topological polar surface area (TPSA) is 67.6 Å². The zero-order valence-electron chi connectivity index (χ0n) is 11.7. The molecule has 0 radical (unpaired) electrons. The highest BCUT2D eigenvalue weighted by Gasteiger charge is 2.01. The SMILES string of the molecule is CN(C)CCCNC(=O)CCOc1ccc(N)cc1. The molecule has 0 saturated heterocycles. The van der Waals surface area contributed by atoms with Crippen LogP contribution in [-0.4, -0.2) is 44.6 Å². The molecule has 0 aliphatic heterocycles. The molecule has 0 bridgehead atoms. The van der Waals surface area contributed by atoms with Crippen molar-refractivity contribution in [1.29, 1.82) is 0 Å². The molecule has 5 heteroatoms. The van der Waals surface area contributed by atoms with Gasteiger partial charge >= 0.3 is 0 Å². The number of carbonyl (C=O) groups is 1. The first-order valence-corrected chi connectivity index (χ1v) is 6.47. The third kappa shape index (κ3) is 7.31. The first-order chi connectivity index (χ1) is 9.08. The van der Waals surface area contributed by atoms with Crippen molar-refractivity contribution in [2.24, 2.45) is 0 Å². The maximum absolute atomic E-state index is 11.5. The maximum Gasteiger partial charge on any atom is 0.223 e. The number of nitrogens with zero attached hydrogens (tertiary/aromatic N) is 1. The van der Waals surface area contributed by atoms with Crippen molar-refractivity contribution in [3.05, 3.63) is 24.3 Å². The molecular formula is C14H23N3O2. The molecule has 106 valence electrons. The predicted octanol–water partition coefficient (Wildman–Crippen LogP) is 1.11. The molecule has 1 aromatic rings. The highest BCUT2D eigenvalue weighted by atomic mass is 16.5. The first-order valence-electron chi connectivity index (χ1n) is 6.47. The number of nitrogens with one attached hydrogen (secondary N) is 1. The van der Waals surface area contributed by atoms with Gasteiger partial charge in [0.1, 0.15) is 5.75 Å². The average molecular weight is 265 g/mol. The largest absolute Gasteiger partial charge is 0.493 e. The Morgan fingerprint density at radius 1 is 1.32 bits per heavy atom. The van der Waals surface area contributed by atoms with E-state index in [4.69, 9.17) is 10.5 Å². The highest BCUT2D eigenvalue weighted by molar-refractivity contribution is 5.75. The van der Waals surface area contributed by atoms with Crippen LogP contribution in [-0.2, 0) is 4.79 Å². The summed E-state index contributed by atoms with van der Waals surface area (Å²) in [4.78, 5) is 13.6. The van der Waals surface area contributed by atoms with Crippen LogP contribution in [0.4, 0.5) is 5.69 Å². The van der Waals surface area contributed by atoms with Gasteiger partial charge in [0, 0.05) is 12.2 Å². The Kier molecular flexibility index (Phi) is 6.74. The molecule has 0 unspecified atom stereocenters. The van der Waals surface area contributed by atoms with E-state index in [2.05, 4.69) is 10.2 Å². The van der Waals surface area contributed by atoms with E-state index in [9.17, 15) is 4.79 Å². The smallest absolute Gasteiger partial charge is 0.223 e. The molecule has 5 nitrogen and oxygen atoms in total. The van der Waals surface area contributed by atoms with Gasteiger partial charge in [0.15, 0.2) is 0 Å². The lowest BCUT2D eigenvalue weighted by atomic mass is 10.3. The lowest BCUT2D eigenvalue weighted by Gasteiger charge is -2.10. The number of anilines is 1. The molecule has 19 heavy (non-hydrogen) atoms. The summed E-state index contributed by atoms with van der Waals surface area (Å²) in [6.45, 7) is 2.06. The van der Waals surface area contributed by atoms with Crippen LogP contribution >= 0.6 is 0 Å². The molecule has 0 heterocycles. The first kappa shape index (κ1) is 15.3. The molecule has 1 aromatic carbocycles. The Balaban J connectivity index is 2.08. The van der Waals surface area contributed by atoms with Gasteiger partial charge in [-0.15, -0.1) is 0 Å². The number of rotatable bonds is 8. The molecular weight excluding hydrogens is 242 g/mol. The van der Waals surface area contributed by atoms with Crippen molar-refractivity contribution in [3.63, 3.8) is 0 Å². The van der Waals surface area contributed by atoms with Crippen LogP contribution in [0.3, 0.4) is 0 Å². The average Bonchev–Trinajstić information content (AvgIpc) is 2.37. The van der Waals surface area contributed by atoms with Crippen LogP contribution in [0.1, 0.15) is 12.8 Å². The van der Waals surface area contributed by atoms with Crippen molar-refractivity contribution in [2.45, 2.75) is 12.8 Å². The third-order valence-electron chi connectivity index (χ3n) is 2.58. The summed E-state index contributed by atoms with van der Waals surface area (Å²) in [7, 11) is 4.03. The normalized spacial score (nSPS) is 10.5. The minimum atomic E-state index is 0.0224. The van der Waals surface area contributed by atoms with Gasteiger partial charge < -0.3 is 20.7 Å². The molecule has 0 fully saturated rings. The molecule has 0 aliphatic carbocycles. The predicted molar refractivity (Wildman–Crippen MR) is 77.1 cm³/mol. The fraction of sp³-hybridized carbons (Fsp3) is 0.500. The molecule has 0 aromatic heterocycles. The van der Waals surface area contributed by atoms with E-state index in [1.807, 2.05) is 14.1 Å².